The predicted molar refractivity (Wildman–Crippen MR) is 85.9 cm³/mol. The lowest BCUT2D eigenvalue weighted by Crippen LogP contribution is -2.34. The Kier molecular flexibility index (Phi) is 5.82. The zero-order valence-corrected chi connectivity index (χ0v) is 12.7. The molecule has 2 amide bonds. The molecule has 0 aliphatic carbocycles. The Morgan fingerprint density at radius 1 is 1.09 bits per heavy atom. The first-order valence-corrected chi connectivity index (χ1v) is 7.03. The Morgan fingerprint density at radius 2 is 1.74 bits per heavy atom. The highest BCUT2D eigenvalue weighted by atomic mass is 35.5. The number of benzene rings is 2. The van der Waals surface area contributed by atoms with E-state index in [1.54, 1.807) is 24.3 Å². The van der Waals surface area contributed by atoms with Gasteiger partial charge >= 0.3 is 0 Å². The van der Waals surface area contributed by atoms with Crippen LogP contribution in [0.4, 0.5) is 4.39 Å². The minimum absolute atomic E-state index is 0.220. The van der Waals surface area contributed by atoms with E-state index in [2.05, 4.69) is 15.8 Å². The van der Waals surface area contributed by atoms with Gasteiger partial charge in [-0.1, -0.05) is 23.7 Å². The summed E-state index contributed by atoms with van der Waals surface area (Å²) in [5.41, 5.74) is 3.30. The van der Waals surface area contributed by atoms with Crippen molar-refractivity contribution in [1.29, 1.82) is 0 Å². The molecule has 0 aliphatic heterocycles. The molecule has 0 aromatic heterocycles. The van der Waals surface area contributed by atoms with Gasteiger partial charge in [0.2, 0.25) is 0 Å². The van der Waals surface area contributed by atoms with E-state index in [1.807, 2.05) is 0 Å². The van der Waals surface area contributed by atoms with Gasteiger partial charge in [-0.15, -0.1) is 0 Å². The second kappa shape index (κ2) is 8.05. The highest BCUT2D eigenvalue weighted by Gasteiger charge is 2.07. The van der Waals surface area contributed by atoms with Crippen LogP contribution < -0.4 is 10.7 Å². The lowest BCUT2D eigenvalue weighted by Gasteiger charge is -2.04. The molecule has 0 aliphatic rings. The molecule has 0 spiro atoms. The van der Waals surface area contributed by atoms with Gasteiger partial charge in [0.15, 0.2) is 0 Å². The number of carbonyl (C=O) groups excluding carboxylic acids is 2. The lowest BCUT2D eigenvalue weighted by atomic mass is 10.2. The standard InChI is InChI=1S/C16H13ClFN3O2/c17-13-5-3-12(4-6-13)16(23)19-10-15(22)21-20-9-11-1-7-14(18)8-2-11/h1-9H,10H2,(H,19,23)(H,21,22). The van der Waals surface area contributed by atoms with Crippen LogP contribution in [0.25, 0.3) is 0 Å². The Morgan fingerprint density at radius 3 is 2.39 bits per heavy atom. The van der Waals surface area contributed by atoms with Crippen molar-refractivity contribution in [3.05, 3.63) is 70.5 Å². The number of nitrogens with one attached hydrogen (secondary N) is 2. The van der Waals surface area contributed by atoms with Crippen LogP contribution in [0.2, 0.25) is 5.02 Å². The molecule has 0 saturated carbocycles. The third-order valence-corrected chi connectivity index (χ3v) is 3.04. The van der Waals surface area contributed by atoms with Gasteiger partial charge in [-0.05, 0) is 42.0 Å². The molecule has 7 heteroatoms. The summed E-state index contributed by atoms with van der Waals surface area (Å²) in [6, 6.07) is 11.9. The number of amides is 2. The first-order valence-electron chi connectivity index (χ1n) is 6.66. The maximum atomic E-state index is 12.7. The Labute approximate surface area is 137 Å². The van der Waals surface area contributed by atoms with Gasteiger partial charge in [-0.3, -0.25) is 9.59 Å². The second-order valence-corrected chi connectivity index (χ2v) is 4.97. The fraction of sp³-hybridized carbons (Fsp3) is 0.0625. The molecule has 5 nitrogen and oxygen atoms in total. The van der Waals surface area contributed by atoms with E-state index < -0.39 is 5.91 Å². The quantitative estimate of drug-likeness (QED) is 0.651. The van der Waals surface area contributed by atoms with E-state index >= 15 is 0 Å². The van der Waals surface area contributed by atoms with Crippen molar-refractivity contribution in [1.82, 2.24) is 10.7 Å². The summed E-state index contributed by atoms with van der Waals surface area (Å²) < 4.78 is 12.7. The van der Waals surface area contributed by atoms with Crippen molar-refractivity contribution < 1.29 is 14.0 Å². The smallest absolute Gasteiger partial charge is 0.259 e. The molecule has 118 valence electrons. The summed E-state index contributed by atoms with van der Waals surface area (Å²) in [6.45, 7) is -0.220. The van der Waals surface area contributed by atoms with Crippen molar-refractivity contribution >= 4 is 29.6 Å². The largest absolute Gasteiger partial charge is 0.343 e. The zero-order valence-electron chi connectivity index (χ0n) is 11.9. The fourth-order valence-corrected chi connectivity index (χ4v) is 1.76. The van der Waals surface area contributed by atoms with Crippen LogP contribution in [-0.2, 0) is 4.79 Å². The number of halogens is 2. The molecule has 2 aromatic carbocycles. The zero-order chi connectivity index (χ0) is 16.7. The van der Waals surface area contributed by atoms with Gasteiger partial charge in [-0.2, -0.15) is 5.10 Å². The average molecular weight is 334 g/mol. The van der Waals surface area contributed by atoms with E-state index in [-0.39, 0.29) is 18.3 Å². The molecule has 0 fully saturated rings. The van der Waals surface area contributed by atoms with E-state index in [1.165, 1.54) is 30.5 Å². The van der Waals surface area contributed by atoms with Crippen molar-refractivity contribution in [2.45, 2.75) is 0 Å². The van der Waals surface area contributed by atoms with Crippen LogP contribution in [0.5, 0.6) is 0 Å². The molecule has 0 heterocycles. The van der Waals surface area contributed by atoms with Crippen LogP contribution in [0.1, 0.15) is 15.9 Å². The first kappa shape index (κ1) is 16.6. The number of hydrogen-bond donors (Lipinski definition) is 2. The van der Waals surface area contributed by atoms with E-state index in [4.69, 9.17) is 11.6 Å². The lowest BCUT2D eigenvalue weighted by molar-refractivity contribution is -0.120. The summed E-state index contributed by atoms with van der Waals surface area (Å²) in [7, 11) is 0. The predicted octanol–water partition coefficient (Wildman–Crippen LogP) is 2.36. The third-order valence-electron chi connectivity index (χ3n) is 2.79. The number of rotatable bonds is 5. The Balaban J connectivity index is 1.77. The van der Waals surface area contributed by atoms with Crippen LogP contribution in [0, 0.1) is 5.82 Å². The highest BCUT2D eigenvalue weighted by Crippen LogP contribution is 2.09. The van der Waals surface area contributed by atoms with Crippen LogP contribution in [0.15, 0.2) is 53.6 Å². The van der Waals surface area contributed by atoms with E-state index in [9.17, 15) is 14.0 Å². The van der Waals surface area contributed by atoms with Gasteiger partial charge in [0.1, 0.15) is 5.82 Å². The van der Waals surface area contributed by atoms with Crippen molar-refractivity contribution in [3.8, 4) is 0 Å². The van der Waals surface area contributed by atoms with Crippen molar-refractivity contribution in [2.75, 3.05) is 6.54 Å². The molecule has 2 N–H and O–H groups in total. The van der Waals surface area contributed by atoms with Crippen molar-refractivity contribution in [3.63, 3.8) is 0 Å². The Bertz CT molecular complexity index is 715. The fourth-order valence-electron chi connectivity index (χ4n) is 1.63. The molecule has 0 radical (unpaired) electrons. The summed E-state index contributed by atoms with van der Waals surface area (Å²) in [4.78, 5) is 23.3. The molecule has 2 aromatic rings. The minimum atomic E-state index is -0.481. The minimum Gasteiger partial charge on any atom is -0.343 e. The molecular formula is C16H13ClFN3O2. The second-order valence-electron chi connectivity index (χ2n) is 4.53. The monoisotopic (exact) mass is 333 g/mol. The van der Waals surface area contributed by atoms with Gasteiger partial charge in [-0.25, -0.2) is 9.82 Å². The van der Waals surface area contributed by atoms with Gasteiger partial charge in [0.25, 0.3) is 11.8 Å². The summed E-state index contributed by atoms with van der Waals surface area (Å²) in [5, 5.41) is 6.70. The van der Waals surface area contributed by atoms with E-state index in [0.717, 1.165) is 0 Å². The molecule has 0 atom stereocenters. The molecule has 0 unspecified atom stereocenters. The van der Waals surface area contributed by atoms with Gasteiger partial charge < -0.3 is 5.32 Å². The highest BCUT2D eigenvalue weighted by molar-refractivity contribution is 6.30. The molecule has 23 heavy (non-hydrogen) atoms. The molecule has 2 rings (SSSR count). The number of nitrogens with zero attached hydrogens (tertiary/aromatic N) is 1. The summed E-state index contributed by atoms with van der Waals surface area (Å²) >= 11 is 5.73. The summed E-state index contributed by atoms with van der Waals surface area (Å²) in [6.07, 6.45) is 1.37. The Hall–Kier alpha value is -2.73. The number of hydrazone groups is 1. The number of carbonyl (C=O) groups is 2. The molecule has 0 saturated heterocycles. The van der Waals surface area contributed by atoms with Gasteiger partial charge in [0.05, 0.1) is 12.8 Å². The van der Waals surface area contributed by atoms with E-state index in [0.29, 0.717) is 16.1 Å². The van der Waals surface area contributed by atoms with Crippen LogP contribution >= 0.6 is 11.6 Å². The molecular weight excluding hydrogens is 321 g/mol. The average Bonchev–Trinajstić information content (AvgIpc) is 2.55. The molecule has 0 bridgehead atoms. The maximum absolute atomic E-state index is 12.7. The number of hydrogen-bond acceptors (Lipinski definition) is 3. The van der Waals surface area contributed by atoms with Crippen molar-refractivity contribution in [2.24, 2.45) is 5.10 Å². The third kappa shape index (κ3) is 5.52. The maximum Gasteiger partial charge on any atom is 0.259 e. The first-order chi connectivity index (χ1) is 11.0. The SMILES string of the molecule is O=C(CNC(=O)c1ccc(Cl)cc1)NN=Cc1ccc(F)cc1. The van der Waals surface area contributed by atoms with Gasteiger partial charge in [0, 0.05) is 10.6 Å². The van der Waals surface area contributed by atoms with Crippen LogP contribution in [-0.4, -0.2) is 24.6 Å². The van der Waals surface area contributed by atoms with Crippen LogP contribution in [0.3, 0.4) is 0 Å². The summed E-state index contributed by atoms with van der Waals surface area (Å²) in [5.74, 6) is -1.22. The topological polar surface area (TPSA) is 70.6 Å². The normalized spacial score (nSPS) is 10.5.